The minimum Gasteiger partial charge on any atom is -0.494 e. The van der Waals surface area contributed by atoms with Crippen LogP contribution in [-0.4, -0.2) is 39.9 Å². The zero-order valence-electron chi connectivity index (χ0n) is 20.2. The van der Waals surface area contributed by atoms with Gasteiger partial charge in [-0.3, -0.25) is 10.1 Å². The van der Waals surface area contributed by atoms with Crippen molar-refractivity contribution in [3.8, 4) is 22.6 Å². The van der Waals surface area contributed by atoms with E-state index in [1.165, 1.54) is 10.9 Å². The van der Waals surface area contributed by atoms with E-state index in [4.69, 9.17) is 9.47 Å². The van der Waals surface area contributed by atoms with Crippen molar-refractivity contribution in [3.63, 3.8) is 0 Å². The lowest BCUT2D eigenvalue weighted by atomic mass is 10.0. The predicted octanol–water partition coefficient (Wildman–Crippen LogP) is 5.76. The molecule has 7 nitrogen and oxygen atoms in total. The summed E-state index contributed by atoms with van der Waals surface area (Å²) in [6.07, 6.45) is 7.87. The van der Waals surface area contributed by atoms with Gasteiger partial charge in [-0.2, -0.15) is 5.10 Å². The van der Waals surface area contributed by atoms with Crippen LogP contribution in [0.2, 0.25) is 0 Å². The molecule has 5 aromatic rings. The number of pyridine rings is 1. The number of nitrogens with one attached hydrogen (secondary N) is 3. The number of nitrogens with zero attached hydrogens (tertiary/aromatic N) is 2. The Morgan fingerprint density at radius 1 is 0.914 bits per heavy atom. The fraction of sp³-hybridized carbons (Fsp3) is 0.286. The third-order valence-corrected chi connectivity index (χ3v) is 6.16. The molecule has 180 valence electrons. The quantitative estimate of drug-likeness (QED) is 0.214. The Morgan fingerprint density at radius 3 is 2.74 bits per heavy atom. The number of unbranched alkanes of at least 4 members (excludes halogenated alkanes) is 1. The fourth-order valence-electron chi connectivity index (χ4n) is 4.17. The summed E-state index contributed by atoms with van der Waals surface area (Å²) in [6, 6.07) is 14.5. The number of fused-ring (bicyclic) bond motifs is 2. The maximum absolute atomic E-state index is 5.97. The first-order valence-electron chi connectivity index (χ1n) is 12.2. The second-order valence-corrected chi connectivity index (χ2v) is 8.74. The molecule has 0 radical (unpaired) electrons. The summed E-state index contributed by atoms with van der Waals surface area (Å²) in [5, 5.41) is 13.1. The zero-order chi connectivity index (χ0) is 24.0. The van der Waals surface area contributed by atoms with Gasteiger partial charge in [-0.15, -0.1) is 0 Å². The molecule has 3 aromatic heterocycles. The number of H-pyrrole nitrogens is 2. The first-order chi connectivity index (χ1) is 17.2. The molecular weight excluding hydrogens is 438 g/mol. The lowest BCUT2D eigenvalue weighted by Crippen LogP contribution is -2.20. The highest BCUT2D eigenvalue weighted by Gasteiger charge is 2.07. The highest BCUT2D eigenvalue weighted by molar-refractivity contribution is 5.86. The molecule has 0 aliphatic rings. The molecule has 0 saturated carbocycles. The summed E-state index contributed by atoms with van der Waals surface area (Å²) < 4.78 is 11.8. The Kier molecular flexibility index (Phi) is 6.95. The van der Waals surface area contributed by atoms with Crippen molar-refractivity contribution in [1.29, 1.82) is 0 Å². The lowest BCUT2D eigenvalue weighted by molar-refractivity contribution is 0.309. The van der Waals surface area contributed by atoms with Crippen LogP contribution in [0.5, 0.6) is 11.5 Å². The van der Waals surface area contributed by atoms with Crippen molar-refractivity contribution in [1.82, 2.24) is 25.5 Å². The zero-order valence-corrected chi connectivity index (χ0v) is 20.2. The van der Waals surface area contributed by atoms with Crippen molar-refractivity contribution >= 4 is 21.8 Å². The molecule has 0 saturated heterocycles. The van der Waals surface area contributed by atoms with Gasteiger partial charge in [0.1, 0.15) is 18.1 Å². The van der Waals surface area contributed by atoms with Crippen molar-refractivity contribution in [2.75, 3.05) is 19.8 Å². The fourth-order valence-corrected chi connectivity index (χ4v) is 4.17. The largest absolute Gasteiger partial charge is 0.494 e. The minimum atomic E-state index is 0.554. The molecule has 0 spiro atoms. The van der Waals surface area contributed by atoms with Crippen LogP contribution in [0, 0.1) is 6.92 Å². The topological polar surface area (TPSA) is 87.8 Å². The summed E-state index contributed by atoms with van der Waals surface area (Å²) >= 11 is 0. The Balaban J connectivity index is 1.15. The monoisotopic (exact) mass is 469 g/mol. The Morgan fingerprint density at radius 2 is 1.83 bits per heavy atom. The molecule has 3 N–H and O–H groups in total. The number of benzene rings is 2. The van der Waals surface area contributed by atoms with E-state index >= 15 is 0 Å². The van der Waals surface area contributed by atoms with Crippen LogP contribution in [0.15, 0.2) is 61.1 Å². The van der Waals surface area contributed by atoms with Gasteiger partial charge in [0, 0.05) is 53.0 Å². The van der Waals surface area contributed by atoms with Gasteiger partial charge in [0.15, 0.2) is 0 Å². The Hall–Kier alpha value is -3.84. The van der Waals surface area contributed by atoms with E-state index in [-0.39, 0.29) is 0 Å². The standard InChI is InChI=1S/C28H31N5O2/c1-3-4-10-34-23-6-8-27-26(14-23)22(17-31-27)16-29-9-11-35-24-12-21(15-30-18-24)20-5-7-28-25(13-20)19(2)32-33-28/h5-8,12-15,17-18,29,31H,3-4,9-11,16H2,1-2H3,(H,32,33). The van der Waals surface area contributed by atoms with Gasteiger partial charge in [-0.05, 0) is 60.9 Å². The number of aryl methyl sites for hydroxylation is 1. The molecule has 7 heteroatoms. The number of ether oxygens (including phenoxy) is 2. The highest BCUT2D eigenvalue weighted by atomic mass is 16.5. The van der Waals surface area contributed by atoms with Gasteiger partial charge in [0.05, 0.1) is 18.3 Å². The van der Waals surface area contributed by atoms with E-state index < -0.39 is 0 Å². The third-order valence-electron chi connectivity index (χ3n) is 6.16. The molecule has 3 heterocycles. The van der Waals surface area contributed by atoms with Gasteiger partial charge in [0.2, 0.25) is 0 Å². The summed E-state index contributed by atoms with van der Waals surface area (Å²) in [7, 11) is 0. The average molecular weight is 470 g/mol. The van der Waals surface area contributed by atoms with E-state index in [0.29, 0.717) is 6.61 Å². The Bertz CT molecular complexity index is 1420. The Labute approximate surface area is 204 Å². The second-order valence-electron chi connectivity index (χ2n) is 8.74. The van der Waals surface area contributed by atoms with Crippen LogP contribution in [0.4, 0.5) is 0 Å². The van der Waals surface area contributed by atoms with Crippen molar-refractivity contribution in [2.24, 2.45) is 0 Å². The molecular formula is C28H31N5O2. The lowest BCUT2D eigenvalue weighted by Gasteiger charge is -2.09. The van der Waals surface area contributed by atoms with E-state index in [1.807, 2.05) is 31.3 Å². The molecule has 0 bridgehead atoms. The first-order valence-corrected chi connectivity index (χ1v) is 12.2. The van der Waals surface area contributed by atoms with Gasteiger partial charge >= 0.3 is 0 Å². The number of aromatic amines is 2. The van der Waals surface area contributed by atoms with Crippen molar-refractivity contribution < 1.29 is 9.47 Å². The van der Waals surface area contributed by atoms with Gasteiger partial charge in [-0.25, -0.2) is 0 Å². The summed E-state index contributed by atoms with van der Waals surface area (Å²) in [5.41, 5.74) is 6.48. The number of rotatable bonds is 11. The molecule has 2 aromatic carbocycles. The number of hydrogen-bond acceptors (Lipinski definition) is 5. The highest BCUT2D eigenvalue weighted by Crippen LogP contribution is 2.27. The van der Waals surface area contributed by atoms with Crippen LogP contribution in [0.1, 0.15) is 31.0 Å². The normalized spacial score (nSPS) is 11.4. The summed E-state index contributed by atoms with van der Waals surface area (Å²) in [4.78, 5) is 7.72. The van der Waals surface area contributed by atoms with E-state index in [2.05, 4.69) is 62.9 Å². The molecule has 0 fully saturated rings. The molecule has 0 atom stereocenters. The molecule has 0 unspecified atom stereocenters. The SMILES string of the molecule is CCCCOc1ccc2[nH]cc(CNCCOc3cncc(-c4ccc5n[nH]c(C)c5c4)c3)c2c1. The average Bonchev–Trinajstić information content (AvgIpc) is 3.47. The molecule has 0 amide bonds. The van der Waals surface area contributed by atoms with Crippen molar-refractivity contribution in [3.05, 3.63) is 72.3 Å². The smallest absolute Gasteiger partial charge is 0.138 e. The van der Waals surface area contributed by atoms with Gasteiger partial charge in [-0.1, -0.05) is 19.4 Å². The van der Waals surface area contributed by atoms with Crippen LogP contribution in [-0.2, 0) is 6.54 Å². The molecule has 0 aliphatic heterocycles. The first kappa shape index (κ1) is 22.9. The number of aromatic nitrogens is 4. The molecule has 5 rings (SSSR count). The number of hydrogen-bond donors (Lipinski definition) is 3. The maximum atomic E-state index is 5.97. The third kappa shape index (κ3) is 5.30. The predicted molar refractivity (Wildman–Crippen MR) is 140 cm³/mol. The van der Waals surface area contributed by atoms with E-state index in [9.17, 15) is 0 Å². The molecule has 0 aliphatic carbocycles. The summed E-state index contributed by atoms with van der Waals surface area (Å²) in [5.74, 6) is 1.68. The van der Waals surface area contributed by atoms with Crippen LogP contribution < -0.4 is 14.8 Å². The van der Waals surface area contributed by atoms with Gasteiger partial charge < -0.3 is 19.8 Å². The minimum absolute atomic E-state index is 0.554. The van der Waals surface area contributed by atoms with Crippen molar-refractivity contribution in [2.45, 2.75) is 33.2 Å². The maximum Gasteiger partial charge on any atom is 0.138 e. The summed E-state index contributed by atoms with van der Waals surface area (Å²) in [6.45, 7) is 6.99. The van der Waals surface area contributed by atoms with Crippen LogP contribution in [0.25, 0.3) is 32.9 Å². The van der Waals surface area contributed by atoms with E-state index in [1.54, 1.807) is 6.20 Å². The van der Waals surface area contributed by atoms with Crippen LogP contribution in [0.3, 0.4) is 0 Å². The van der Waals surface area contributed by atoms with Gasteiger partial charge in [0.25, 0.3) is 0 Å². The molecule has 35 heavy (non-hydrogen) atoms. The van der Waals surface area contributed by atoms with E-state index in [0.717, 1.165) is 77.3 Å². The second kappa shape index (κ2) is 10.6. The van der Waals surface area contributed by atoms with Crippen LogP contribution >= 0.6 is 0 Å².